The van der Waals surface area contributed by atoms with Crippen molar-refractivity contribution in [3.63, 3.8) is 0 Å². The molecule has 172 valence electrons. The Morgan fingerprint density at radius 3 is 2.24 bits per heavy atom. The number of aromatic nitrogens is 1. The molecule has 0 saturated heterocycles. The number of rotatable bonds is 9. The van der Waals surface area contributed by atoms with Gasteiger partial charge in [0.2, 0.25) is 0 Å². The number of benzene rings is 2. The lowest BCUT2D eigenvalue weighted by molar-refractivity contribution is 0.323. The summed E-state index contributed by atoms with van der Waals surface area (Å²) < 4.78 is 5.98. The summed E-state index contributed by atoms with van der Waals surface area (Å²) in [7, 11) is 0. The fourth-order valence-electron chi connectivity index (χ4n) is 3.98. The summed E-state index contributed by atoms with van der Waals surface area (Å²) >= 11 is 0. The maximum Gasteiger partial charge on any atom is 0.122 e. The average molecular weight is 441 g/mol. The summed E-state index contributed by atoms with van der Waals surface area (Å²) in [5, 5.41) is 0. The van der Waals surface area contributed by atoms with Crippen LogP contribution in [0.2, 0.25) is 0 Å². The predicted molar refractivity (Wildman–Crippen MR) is 141 cm³/mol. The largest absolute Gasteiger partial charge is 0.493 e. The molecule has 0 fully saturated rings. The van der Waals surface area contributed by atoms with E-state index in [1.165, 1.54) is 16.7 Å². The summed E-state index contributed by atoms with van der Waals surface area (Å²) in [6.07, 6.45) is 4.58. The Morgan fingerprint density at radius 1 is 0.939 bits per heavy atom. The highest BCUT2D eigenvalue weighted by Gasteiger charge is 2.13. The van der Waals surface area contributed by atoms with E-state index < -0.39 is 0 Å². The number of pyridine rings is 1. The zero-order valence-corrected chi connectivity index (χ0v) is 20.9. The molecule has 0 spiro atoms. The standard InChI is InChI=1S/C30H36N2O/c1-8-9-16-33-29-18-27(22(6)17-23(29)7)28-15-10-12-24(32-28)19-31-30-25(20(2)3)13-11-14-26(30)21(4)5/h8,10-15,17-21H,1,9,16H2,2-7H3/b31-19+. The van der Waals surface area contributed by atoms with Crippen molar-refractivity contribution in [1.82, 2.24) is 4.98 Å². The van der Waals surface area contributed by atoms with Crippen LogP contribution in [0.15, 0.2) is 66.2 Å². The molecule has 3 heteroatoms. The molecule has 2 aromatic carbocycles. The highest BCUT2D eigenvalue weighted by atomic mass is 16.5. The molecule has 3 rings (SSSR count). The number of hydrogen-bond donors (Lipinski definition) is 0. The van der Waals surface area contributed by atoms with Crippen LogP contribution < -0.4 is 4.74 Å². The first kappa shape index (κ1) is 24.4. The minimum Gasteiger partial charge on any atom is -0.493 e. The summed E-state index contributed by atoms with van der Waals surface area (Å²) in [6, 6.07) is 16.8. The lowest BCUT2D eigenvalue weighted by Gasteiger charge is -2.16. The summed E-state index contributed by atoms with van der Waals surface area (Å²) in [4.78, 5) is 9.85. The molecule has 3 nitrogen and oxygen atoms in total. The SMILES string of the molecule is C=CCCOc1cc(-c2cccc(/C=N/c3c(C(C)C)cccc3C(C)C)n2)c(C)cc1C. The molecule has 0 atom stereocenters. The van der Waals surface area contributed by atoms with Crippen LogP contribution in [-0.4, -0.2) is 17.8 Å². The predicted octanol–water partition coefficient (Wildman–Crippen LogP) is 8.32. The van der Waals surface area contributed by atoms with Gasteiger partial charge in [-0.05, 0) is 72.6 Å². The number of ether oxygens (including phenoxy) is 1. The monoisotopic (exact) mass is 440 g/mol. The van der Waals surface area contributed by atoms with Gasteiger partial charge in [-0.1, -0.05) is 64.1 Å². The van der Waals surface area contributed by atoms with E-state index in [0.29, 0.717) is 18.4 Å². The summed E-state index contributed by atoms with van der Waals surface area (Å²) in [5.41, 5.74) is 8.76. The summed E-state index contributed by atoms with van der Waals surface area (Å²) in [6.45, 7) is 17.4. The molecular weight excluding hydrogens is 404 g/mol. The van der Waals surface area contributed by atoms with E-state index in [0.717, 1.165) is 40.4 Å². The fraction of sp³-hybridized carbons (Fsp3) is 0.333. The average Bonchev–Trinajstić information content (AvgIpc) is 2.79. The zero-order chi connectivity index (χ0) is 24.0. The maximum absolute atomic E-state index is 5.98. The van der Waals surface area contributed by atoms with Gasteiger partial charge in [-0.2, -0.15) is 0 Å². The third kappa shape index (κ3) is 5.98. The van der Waals surface area contributed by atoms with Gasteiger partial charge in [0.15, 0.2) is 0 Å². The van der Waals surface area contributed by atoms with Crippen LogP contribution in [0.5, 0.6) is 5.75 Å². The van der Waals surface area contributed by atoms with Gasteiger partial charge >= 0.3 is 0 Å². The number of para-hydroxylation sites is 1. The molecule has 1 heterocycles. The maximum atomic E-state index is 5.98. The van der Waals surface area contributed by atoms with Crippen LogP contribution >= 0.6 is 0 Å². The van der Waals surface area contributed by atoms with Crippen molar-refractivity contribution in [1.29, 1.82) is 0 Å². The van der Waals surface area contributed by atoms with E-state index in [1.54, 1.807) is 0 Å². The van der Waals surface area contributed by atoms with Crippen molar-refractivity contribution >= 4 is 11.9 Å². The molecule has 0 aliphatic rings. The quantitative estimate of drug-likeness (QED) is 0.190. The minimum absolute atomic E-state index is 0.407. The number of nitrogens with zero attached hydrogens (tertiary/aromatic N) is 2. The van der Waals surface area contributed by atoms with E-state index in [-0.39, 0.29) is 0 Å². The van der Waals surface area contributed by atoms with E-state index in [2.05, 4.69) is 78.5 Å². The molecule has 0 N–H and O–H groups in total. The van der Waals surface area contributed by atoms with Gasteiger partial charge in [0.1, 0.15) is 5.75 Å². The highest BCUT2D eigenvalue weighted by Crippen LogP contribution is 2.35. The van der Waals surface area contributed by atoms with Crippen molar-refractivity contribution in [2.24, 2.45) is 4.99 Å². The third-order valence-corrected chi connectivity index (χ3v) is 5.82. The van der Waals surface area contributed by atoms with E-state index >= 15 is 0 Å². The first-order valence-electron chi connectivity index (χ1n) is 11.8. The number of aliphatic imine (C=N–C) groups is 1. The van der Waals surface area contributed by atoms with Crippen molar-refractivity contribution < 1.29 is 4.74 Å². The van der Waals surface area contributed by atoms with Gasteiger partial charge in [0.25, 0.3) is 0 Å². The lowest BCUT2D eigenvalue weighted by atomic mass is 9.93. The summed E-state index contributed by atoms with van der Waals surface area (Å²) in [5.74, 6) is 1.71. The van der Waals surface area contributed by atoms with Crippen LogP contribution in [0.4, 0.5) is 5.69 Å². The number of aryl methyl sites for hydroxylation is 2. The molecule has 0 unspecified atom stereocenters. The number of hydrogen-bond acceptors (Lipinski definition) is 3. The molecule has 0 aliphatic carbocycles. The first-order chi connectivity index (χ1) is 15.8. The Kier molecular flexibility index (Phi) is 8.21. The third-order valence-electron chi connectivity index (χ3n) is 5.82. The Morgan fingerprint density at radius 2 is 1.61 bits per heavy atom. The van der Waals surface area contributed by atoms with Crippen LogP contribution in [0.1, 0.15) is 73.9 Å². The van der Waals surface area contributed by atoms with Crippen LogP contribution in [0.3, 0.4) is 0 Å². The van der Waals surface area contributed by atoms with Crippen molar-refractivity contribution in [3.8, 4) is 17.0 Å². The van der Waals surface area contributed by atoms with Crippen molar-refractivity contribution in [2.45, 2.75) is 59.8 Å². The van der Waals surface area contributed by atoms with E-state index in [4.69, 9.17) is 14.7 Å². The van der Waals surface area contributed by atoms with E-state index in [1.807, 2.05) is 30.5 Å². The van der Waals surface area contributed by atoms with Gasteiger partial charge in [0.05, 0.1) is 29.9 Å². The molecule has 0 aliphatic heterocycles. The second-order valence-electron chi connectivity index (χ2n) is 9.16. The molecule has 1 aromatic heterocycles. The van der Waals surface area contributed by atoms with Gasteiger partial charge < -0.3 is 4.74 Å². The van der Waals surface area contributed by atoms with Gasteiger partial charge in [-0.25, -0.2) is 4.98 Å². The van der Waals surface area contributed by atoms with E-state index in [9.17, 15) is 0 Å². The Bertz CT molecular complexity index is 1120. The van der Waals surface area contributed by atoms with Crippen LogP contribution in [0, 0.1) is 13.8 Å². The molecule has 0 saturated carbocycles. The molecule has 0 radical (unpaired) electrons. The minimum atomic E-state index is 0.407. The van der Waals surface area contributed by atoms with Gasteiger partial charge in [-0.15, -0.1) is 6.58 Å². The molecular formula is C30H36N2O. The van der Waals surface area contributed by atoms with Crippen LogP contribution in [0.25, 0.3) is 11.3 Å². The second kappa shape index (κ2) is 11.1. The normalized spacial score (nSPS) is 11.5. The molecule has 3 aromatic rings. The highest BCUT2D eigenvalue weighted by molar-refractivity contribution is 5.82. The Balaban J connectivity index is 1.97. The van der Waals surface area contributed by atoms with Crippen molar-refractivity contribution in [3.05, 3.63) is 89.1 Å². The molecule has 0 amide bonds. The van der Waals surface area contributed by atoms with Gasteiger partial charge in [-0.3, -0.25) is 4.99 Å². The Hall–Kier alpha value is -3.20. The van der Waals surface area contributed by atoms with Crippen molar-refractivity contribution in [2.75, 3.05) is 6.61 Å². The smallest absolute Gasteiger partial charge is 0.122 e. The Labute approximate surface area is 199 Å². The second-order valence-corrected chi connectivity index (χ2v) is 9.16. The fourth-order valence-corrected chi connectivity index (χ4v) is 3.98. The van der Waals surface area contributed by atoms with Crippen LogP contribution in [-0.2, 0) is 0 Å². The topological polar surface area (TPSA) is 34.5 Å². The zero-order valence-electron chi connectivity index (χ0n) is 20.9. The first-order valence-corrected chi connectivity index (χ1v) is 11.8. The molecule has 0 bridgehead atoms. The molecule has 33 heavy (non-hydrogen) atoms. The lowest BCUT2D eigenvalue weighted by Crippen LogP contribution is -2.00. The van der Waals surface area contributed by atoms with Gasteiger partial charge in [0, 0.05) is 5.56 Å².